The van der Waals surface area contributed by atoms with E-state index in [0.717, 1.165) is 29.7 Å². The maximum atomic E-state index is 12.9. The van der Waals surface area contributed by atoms with Gasteiger partial charge in [0.15, 0.2) is 6.61 Å². The maximum absolute atomic E-state index is 12.9. The van der Waals surface area contributed by atoms with Crippen LogP contribution in [-0.2, 0) is 23.9 Å². The molecule has 0 saturated heterocycles. The molecule has 180 valence electrons. The lowest BCUT2D eigenvalue weighted by atomic mass is 9.49. The van der Waals surface area contributed by atoms with E-state index in [1.54, 1.807) is 13.8 Å². The lowest BCUT2D eigenvalue weighted by Crippen LogP contribution is -2.54. The van der Waals surface area contributed by atoms with Gasteiger partial charge in [0.25, 0.3) is 5.91 Å². The summed E-state index contributed by atoms with van der Waals surface area (Å²) >= 11 is 1.27. The highest BCUT2D eigenvalue weighted by atomic mass is 32.1. The summed E-state index contributed by atoms with van der Waals surface area (Å²) in [7, 11) is 0. The Balaban J connectivity index is 1.25. The molecule has 5 rings (SSSR count). The topological polar surface area (TPSA) is 111 Å². The molecule has 4 saturated carbocycles. The number of carbonyl (C=O) groups is 4. The Morgan fingerprint density at radius 3 is 2.18 bits per heavy atom. The van der Waals surface area contributed by atoms with Gasteiger partial charge in [0, 0.05) is 10.3 Å². The van der Waals surface area contributed by atoms with Gasteiger partial charge in [-0.25, -0.2) is 4.79 Å². The summed E-state index contributed by atoms with van der Waals surface area (Å²) in [6.45, 7) is 4.84. The van der Waals surface area contributed by atoms with Crippen LogP contribution in [0.15, 0.2) is 0 Å². The minimum Gasteiger partial charge on any atom is -0.462 e. The lowest BCUT2D eigenvalue weighted by molar-refractivity contribution is -0.152. The van der Waals surface area contributed by atoms with E-state index in [4.69, 9.17) is 9.47 Å². The zero-order valence-electron chi connectivity index (χ0n) is 19.5. The summed E-state index contributed by atoms with van der Waals surface area (Å²) in [5, 5.41) is 5.77. The summed E-state index contributed by atoms with van der Waals surface area (Å²) in [6, 6.07) is 0. The first-order valence-corrected chi connectivity index (χ1v) is 12.5. The molecule has 1 heterocycles. The molecule has 0 atom stereocenters. The molecule has 4 aliphatic rings. The summed E-state index contributed by atoms with van der Waals surface area (Å²) in [5.74, 6) is 0.158. The van der Waals surface area contributed by atoms with Gasteiger partial charge in [-0.15, -0.1) is 11.3 Å². The highest BCUT2D eigenvalue weighted by Crippen LogP contribution is 2.60. The van der Waals surface area contributed by atoms with Gasteiger partial charge in [-0.3, -0.25) is 14.4 Å². The van der Waals surface area contributed by atoms with Crippen LogP contribution in [0.1, 0.15) is 66.2 Å². The Morgan fingerprint density at radius 1 is 1.00 bits per heavy atom. The fourth-order valence-corrected chi connectivity index (χ4v) is 7.32. The van der Waals surface area contributed by atoms with Crippen molar-refractivity contribution < 1.29 is 28.7 Å². The number of esters is 2. The van der Waals surface area contributed by atoms with Gasteiger partial charge in [0.2, 0.25) is 5.91 Å². The van der Waals surface area contributed by atoms with Gasteiger partial charge in [0.05, 0.1) is 12.2 Å². The summed E-state index contributed by atoms with van der Waals surface area (Å²) < 4.78 is 10.1. The van der Waals surface area contributed by atoms with Gasteiger partial charge < -0.3 is 20.1 Å². The molecule has 9 heteroatoms. The van der Waals surface area contributed by atoms with E-state index < -0.39 is 24.5 Å². The lowest BCUT2D eigenvalue weighted by Gasteiger charge is -2.55. The molecule has 4 fully saturated rings. The fraction of sp³-hybridized carbons (Fsp3) is 0.667. The standard InChI is InChI=1S/C24H32N2O6S/c1-4-31-22(29)20-13(2)14(3)33-21(20)26-18(27)12-32-19(28)11-25-23(30)24-8-15-5-16(9-24)7-17(6-15)10-24/h15-17H,4-12H2,1-3H3,(H,25,30)(H,26,27). The van der Waals surface area contributed by atoms with E-state index in [-0.39, 0.29) is 24.5 Å². The Kier molecular flexibility index (Phi) is 6.79. The van der Waals surface area contributed by atoms with Crippen molar-refractivity contribution >= 4 is 40.1 Å². The molecule has 8 nitrogen and oxygen atoms in total. The quantitative estimate of drug-likeness (QED) is 0.557. The molecule has 0 spiro atoms. The number of ether oxygens (including phenoxy) is 2. The second-order valence-corrected chi connectivity index (χ2v) is 11.0. The SMILES string of the molecule is CCOC(=O)c1c(NC(=O)COC(=O)CNC(=O)C23CC4CC(CC(C4)C2)C3)sc(C)c1C. The van der Waals surface area contributed by atoms with Crippen molar-refractivity contribution in [3.8, 4) is 0 Å². The molecule has 1 aromatic heterocycles. The fourth-order valence-electron chi connectivity index (χ4n) is 6.25. The van der Waals surface area contributed by atoms with Crippen LogP contribution in [0.5, 0.6) is 0 Å². The van der Waals surface area contributed by atoms with Crippen molar-refractivity contribution in [2.75, 3.05) is 25.1 Å². The van der Waals surface area contributed by atoms with Crippen LogP contribution < -0.4 is 10.6 Å². The van der Waals surface area contributed by atoms with Crippen molar-refractivity contribution in [1.82, 2.24) is 5.32 Å². The van der Waals surface area contributed by atoms with Crippen LogP contribution in [0.25, 0.3) is 0 Å². The second-order valence-electron chi connectivity index (χ2n) is 9.80. The Labute approximate surface area is 197 Å². The molecule has 0 radical (unpaired) electrons. The van der Waals surface area contributed by atoms with E-state index >= 15 is 0 Å². The number of amides is 2. The third-order valence-electron chi connectivity index (χ3n) is 7.40. The van der Waals surface area contributed by atoms with Crippen molar-refractivity contribution in [2.24, 2.45) is 23.2 Å². The summed E-state index contributed by atoms with van der Waals surface area (Å²) in [4.78, 5) is 50.5. The van der Waals surface area contributed by atoms with Crippen LogP contribution in [0.2, 0.25) is 0 Å². The number of rotatable bonds is 8. The van der Waals surface area contributed by atoms with E-state index in [0.29, 0.717) is 28.3 Å². The number of anilines is 1. The highest BCUT2D eigenvalue weighted by Gasteiger charge is 2.54. The Hall–Kier alpha value is -2.42. The van der Waals surface area contributed by atoms with Crippen molar-refractivity contribution in [3.05, 3.63) is 16.0 Å². The summed E-state index contributed by atoms with van der Waals surface area (Å²) in [5.41, 5.74) is 0.741. The minimum atomic E-state index is -0.660. The molecule has 0 aliphatic heterocycles. The minimum absolute atomic E-state index is 0.0494. The molecule has 2 amide bonds. The van der Waals surface area contributed by atoms with Gasteiger partial charge >= 0.3 is 11.9 Å². The monoisotopic (exact) mass is 476 g/mol. The van der Waals surface area contributed by atoms with Crippen LogP contribution in [0, 0.1) is 37.0 Å². The second kappa shape index (κ2) is 9.44. The molecule has 2 N–H and O–H groups in total. The largest absolute Gasteiger partial charge is 0.462 e. The third-order valence-corrected chi connectivity index (χ3v) is 8.52. The number of carbonyl (C=O) groups excluding carboxylic acids is 4. The van der Waals surface area contributed by atoms with Gasteiger partial charge in [-0.05, 0) is 82.6 Å². The first-order valence-electron chi connectivity index (χ1n) is 11.7. The average Bonchev–Trinajstić information content (AvgIpc) is 3.02. The number of aryl methyl sites for hydroxylation is 1. The molecule has 33 heavy (non-hydrogen) atoms. The molecule has 0 aromatic carbocycles. The normalized spacial score (nSPS) is 27.2. The van der Waals surface area contributed by atoms with Gasteiger partial charge in [-0.1, -0.05) is 0 Å². The molecule has 1 aromatic rings. The zero-order chi connectivity index (χ0) is 23.8. The predicted molar refractivity (Wildman–Crippen MR) is 123 cm³/mol. The van der Waals surface area contributed by atoms with Crippen LogP contribution in [0.3, 0.4) is 0 Å². The van der Waals surface area contributed by atoms with E-state index in [1.165, 1.54) is 30.6 Å². The van der Waals surface area contributed by atoms with E-state index in [9.17, 15) is 19.2 Å². The smallest absolute Gasteiger partial charge is 0.341 e. The first kappa shape index (κ1) is 23.7. The third kappa shape index (κ3) is 4.93. The number of nitrogens with one attached hydrogen (secondary N) is 2. The number of thiophene rings is 1. The van der Waals surface area contributed by atoms with Crippen molar-refractivity contribution in [2.45, 2.75) is 59.3 Å². The first-order chi connectivity index (χ1) is 15.7. The molecule has 0 unspecified atom stereocenters. The van der Waals surface area contributed by atoms with E-state index in [1.807, 2.05) is 6.92 Å². The van der Waals surface area contributed by atoms with Crippen LogP contribution in [-0.4, -0.2) is 43.5 Å². The number of hydrogen-bond donors (Lipinski definition) is 2. The van der Waals surface area contributed by atoms with Crippen LogP contribution in [0.4, 0.5) is 5.00 Å². The molecule has 4 aliphatic carbocycles. The highest BCUT2D eigenvalue weighted by molar-refractivity contribution is 7.16. The maximum Gasteiger partial charge on any atom is 0.341 e. The Bertz CT molecular complexity index is 933. The number of hydrogen-bond acceptors (Lipinski definition) is 7. The predicted octanol–water partition coefficient (Wildman–Crippen LogP) is 3.36. The molecular weight excluding hydrogens is 444 g/mol. The van der Waals surface area contributed by atoms with Crippen LogP contribution >= 0.6 is 11.3 Å². The van der Waals surface area contributed by atoms with Gasteiger partial charge in [-0.2, -0.15) is 0 Å². The summed E-state index contributed by atoms with van der Waals surface area (Å²) in [6.07, 6.45) is 6.49. The van der Waals surface area contributed by atoms with Crippen molar-refractivity contribution in [3.63, 3.8) is 0 Å². The van der Waals surface area contributed by atoms with Crippen molar-refractivity contribution in [1.29, 1.82) is 0 Å². The molecule has 4 bridgehead atoms. The zero-order valence-corrected chi connectivity index (χ0v) is 20.3. The average molecular weight is 477 g/mol. The Morgan fingerprint density at radius 2 is 1.61 bits per heavy atom. The molecular formula is C24H32N2O6S. The van der Waals surface area contributed by atoms with Gasteiger partial charge in [0.1, 0.15) is 11.5 Å². The van der Waals surface area contributed by atoms with E-state index in [2.05, 4.69) is 10.6 Å².